The molecule has 0 aliphatic rings. The van der Waals surface area contributed by atoms with Crippen molar-refractivity contribution >= 4 is 21.2 Å². The zero-order valence-corrected chi connectivity index (χ0v) is 8.69. The average Bonchev–Trinajstić information content (AvgIpc) is 1.63. The first kappa shape index (κ1) is 13.0. The van der Waals surface area contributed by atoms with Gasteiger partial charge < -0.3 is 15.0 Å². The predicted octanol–water partition coefficient (Wildman–Crippen LogP) is -4.54. The van der Waals surface area contributed by atoms with E-state index < -0.39 is 24.0 Å². The minimum absolute atomic E-state index is 0. The third kappa shape index (κ3) is 6.49. The Morgan fingerprint density at radius 2 is 2.00 bits per heavy atom. The van der Waals surface area contributed by atoms with E-state index in [1.54, 1.807) is 0 Å². The standard InChI is InChI=1S/C4H7O4P.Na/c5-3(6)1-2(9)4(7)8;/h2H,1,9H2,(H,5,6)(H,7,8);/q;+1/p-1. The van der Waals surface area contributed by atoms with Gasteiger partial charge in [-0.25, -0.2) is 0 Å². The molecule has 0 saturated heterocycles. The molecule has 0 saturated carbocycles. The van der Waals surface area contributed by atoms with E-state index in [0.29, 0.717) is 0 Å². The number of hydrogen-bond acceptors (Lipinski definition) is 3. The van der Waals surface area contributed by atoms with Crippen LogP contribution in [0.2, 0.25) is 0 Å². The van der Waals surface area contributed by atoms with Crippen LogP contribution < -0.4 is 34.7 Å². The Hall–Kier alpha value is 0.370. The van der Waals surface area contributed by atoms with Crippen LogP contribution in [0.3, 0.4) is 0 Å². The van der Waals surface area contributed by atoms with Crippen LogP contribution in [0, 0.1) is 0 Å². The van der Waals surface area contributed by atoms with E-state index in [1.165, 1.54) is 0 Å². The molecule has 0 rings (SSSR count). The van der Waals surface area contributed by atoms with Crippen molar-refractivity contribution in [1.82, 2.24) is 0 Å². The van der Waals surface area contributed by atoms with Crippen LogP contribution >= 0.6 is 9.24 Å². The van der Waals surface area contributed by atoms with E-state index in [0.717, 1.165) is 0 Å². The zero-order chi connectivity index (χ0) is 7.44. The van der Waals surface area contributed by atoms with Crippen molar-refractivity contribution in [2.24, 2.45) is 0 Å². The van der Waals surface area contributed by atoms with E-state index in [1.807, 2.05) is 9.24 Å². The van der Waals surface area contributed by atoms with E-state index in [4.69, 9.17) is 5.11 Å². The second-order valence-corrected chi connectivity index (χ2v) is 2.33. The maximum Gasteiger partial charge on any atom is 1.00 e. The minimum atomic E-state index is -1.36. The van der Waals surface area contributed by atoms with Crippen LogP contribution in [-0.4, -0.2) is 22.7 Å². The van der Waals surface area contributed by atoms with Crippen molar-refractivity contribution in [2.75, 3.05) is 0 Å². The van der Waals surface area contributed by atoms with Gasteiger partial charge in [0.25, 0.3) is 0 Å². The topological polar surface area (TPSA) is 77.4 Å². The number of carboxylic acids is 2. The number of carboxylic acid groups (broad SMARTS) is 2. The molecule has 4 nitrogen and oxygen atoms in total. The Labute approximate surface area is 82.5 Å². The molecule has 2 unspecified atom stereocenters. The van der Waals surface area contributed by atoms with Gasteiger partial charge >= 0.3 is 35.5 Å². The van der Waals surface area contributed by atoms with Crippen molar-refractivity contribution in [3.63, 3.8) is 0 Å². The van der Waals surface area contributed by atoms with E-state index in [-0.39, 0.29) is 29.6 Å². The third-order valence-electron chi connectivity index (χ3n) is 0.697. The predicted molar refractivity (Wildman–Crippen MR) is 30.8 cm³/mol. The molecular weight excluding hydrogens is 166 g/mol. The number of hydrogen-bond donors (Lipinski definition) is 1. The summed E-state index contributed by atoms with van der Waals surface area (Å²) in [5, 5.41) is 17.9. The van der Waals surface area contributed by atoms with Crippen molar-refractivity contribution in [1.29, 1.82) is 0 Å². The minimum Gasteiger partial charge on any atom is -0.549 e. The van der Waals surface area contributed by atoms with E-state index in [2.05, 4.69) is 0 Å². The molecule has 0 aliphatic carbocycles. The van der Waals surface area contributed by atoms with Gasteiger partial charge in [-0.2, -0.15) is 0 Å². The van der Waals surface area contributed by atoms with Crippen LogP contribution in [0.15, 0.2) is 0 Å². The average molecular weight is 172 g/mol. The molecule has 0 amide bonds. The molecule has 2 atom stereocenters. The first-order valence-corrected chi connectivity index (χ1v) is 2.89. The Balaban J connectivity index is 0. The maximum absolute atomic E-state index is 9.84. The molecule has 0 bridgehead atoms. The summed E-state index contributed by atoms with van der Waals surface area (Å²) in [4.78, 5) is 19.6. The van der Waals surface area contributed by atoms with Gasteiger partial charge in [-0.3, -0.25) is 4.79 Å². The van der Waals surface area contributed by atoms with Gasteiger partial charge in [0.05, 0.1) is 6.42 Å². The summed E-state index contributed by atoms with van der Waals surface area (Å²) in [6, 6.07) is 0. The molecular formula is C4H6NaO4P. The van der Waals surface area contributed by atoms with Crippen molar-refractivity contribution in [2.45, 2.75) is 12.1 Å². The third-order valence-corrected chi connectivity index (χ3v) is 1.21. The number of aliphatic carboxylic acids is 2. The summed E-state index contributed by atoms with van der Waals surface area (Å²) >= 11 is 0. The van der Waals surface area contributed by atoms with Crippen molar-refractivity contribution < 1.29 is 49.4 Å². The second-order valence-electron chi connectivity index (χ2n) is 1.52. The van der Waals surface area contributed by atoms with Gasteiger partial charge in [-0.15, -0.1) is 9.24 Å². The van der Waals surface area contributed by atoms with Crippen LogP contribution in [0.5, 0.6) is 0 Å². The Kier molecular flexibility index (Phi) is 7.93. The Morgan fingerprint density at radius 3 is 2.10 bits per heavy atom. The van der Waals surface area contributed by atoms with E-state index >= 15 is 0 Å². The van der Waals surface area contributed by atoms with Crippen molar-refractivity contribution in [3.8, 4) is 0 Å². The first-order chi connectivity index (χ1) is 4.04. The van der Waals surface area contributed by atoms with E-state index in [9.17, 15) is 14.7 Å². The molecule has 0 radical (unpaired) electrons. The molecule has 0 heterocycles. The molecule has 0 spiro atoms. The fourth-order valence-electron chi connectivity index (χ4n) is 0.271. The SMILES string of the molecule is O=C(O)CC(P)C(=O)[O-].[Na+]. The number of carbonyl (C=O) groups excluding carboxylic acids is 1. The van der Waals surface area contributed by atoms with Crippen LogP contribution in [-0.2, 0) is 9.59 Å². The summed E-state index contributed by atoms with van der Waals surface area (Å²) in [6.45, 7) is 0. The van der Waals surface area contributed by atoms with Crippen LogP contribution in [0.4, 0.5) is 0 Å². The summed E-state index contributed by atoms with van der Waals surface area (Å²) in [5.74, 6) is -2.50. The smallest absolute Gasteiger partial charge is 0.549 e. The molecule has 0 aromatic heterocycles. The summed E-state index contributed by atoms with van der Waals surface area (Å²) in [7, 11) is 1.87. The summed E-state index contributed by atoms with van der Waals surface area (Å²) < 4.78 is 0. The van der Waals surface area contributed by atoms with Gasteiger partial charge in [0.2, 0.25) is 0 Å². The molecule has 6 heteroatoms. The van der Waals surface area contributed by atoms with Gasteiger partial charge in [0.15, 0.2) is 0 Å². The fourth-order valence-corrected chi connectivity index (χ4v) is 0.473. The first-order valence-electron chi connectivity index (χ1n) is 2.22. The van der Waals surface area contributed by atoms with Gasteiger partial charge in [-0.05, 0) is 0 Å². The van der Waals surface area contributed by atoms with Crippen LogP contribution in [0.1, 0.15) is 6.42 Å². The summed E-state index contributed by atoms with van der Waals surface area (Å²) in [6.07, 6.45) is -0.410. The van der Waals surface area contributed by atoms with Gasteiger partial charge in [-0.1, -0.05) is 0 Å². The Morgan fingerprint density at radius 1 is 1.60 bits per heavy atom. The summed E-state index contributed by atoms with van der Waals surface area (Å²) in [5.41, 5.74) is -0.984. The maximum atomic E-state index is 9.84. The molecule has 0 aromatic carbocycles. The number of carbonyl (C=O) groups is 2. The second kappa shape index (κ2) is 6.10. The Bertz CT molecular complexity index is 137. The zero-order valence-electron chi connectivity index (χ0n) is 5.53. The molecule has 0 aliphatic heterocycles. The van der Waals surface area contributed by atoms with Crippen LogP contribution in [0.25, 0.3) is 0 Å². The van der Waals surface area contributed by atoms with Crippen molar-refractivity contribution in [3.05, 3.63) is 0 Å². The van der Waals surface area contributed by atoms with Gasteiger partial charge in [0.1, 0.15) is 0 Å². The quantitative estimate of drug-likeness (QED) is 0.343. The number of rotatable bonds is 3. The molecule has 0 fully saturated rings. The molecule has 52 valence electrons. The molecule has 1 N–H and O–H groups in total. The molecule has 10 heavy (non-hydrogen) atoms. The molecule has 0 aromatic rings. The largest absolute Gasteiger partial charge is 1.00 e. The van der Waals surface area contributed by atoms with Gasteiger partial charge in [0, 0.05) is 11.6 Å². The normalized spacial score (nSPS) is 11.3. The fraction of sp³-hybridized carbons (Fsp3) is 0.500. The monoisotopic (exact) mass is 172 g/mol.